The lowest BCUT2D eigenvalue weighted by atomic mass is 10.1. The Bertz CT molecular complexity index is 679. The number of pyridine rings is 1. The zero-order valence-corrected chi connectivity index (χ0v) is 12.0. The van der Waals surface area contributed by atoms with Crippen molar-refractivity contribution in [2.75, 3.05) is 17.2 Å². The maximum absolute atomic E-state index is 12.5. The first-order valence-electron chi connectivity index (χ1n) is 6.69. The first-order valence-corrected chi connectivity index (χ1v) is 6.69. The summed E-state index contributed by atoms with van der Waals surface area (Å²) in [5.74, 6) is -0.225. The highest BCUT2D eigenvalue weighted by molar-refractivity contribution is 6.03. The first kappa shape index (κ1) is 16.5. The molecular formula is C16H14F3N3O. The summed E-state index contributed by atoms with van der Waals surface area (Å²) in [6.45, 7) is 4.16. The Hall–Kier alpha value is -2.83. The van der Waals surface area contributed by atoms with Crippen molar-refractivity contribution in [2.45, 2.75) is 6.18 Å². The van der Waals surface area contributed by atoms with Gasteiger partial charge in [0.2, 0.25) is 0 Å². The van der Waals surface area contributed by atoms with Gasteiger partial charge in [0, 0.05) is 12.1 Å². The minimum atomic E-state index is -4.43. The molecule has 0 unspecified atom stereocenters. The molecular weight excluding hydrogens is 307 g/mol. The van der Waals surface area contributed by atoms with Gasteiger partial charge in [-0.2, -0.15) is 13.2 Å². The van der Waals surface area contributed by atoms with Gasteiger partial charge in [0.15, 0.2) is 0 Å². The molecule has 0 bridgehead atoms. The number of rotatable bonds is 5. The van der Waals surface area contributed by atoms with Gasteiger partial charge in [-0.25, -0.2) is 4.98 Å². The second-order valence-corrected chi connectivity index (χ2v) is 4.63. The number of benzene rings is 1. The topological polar surface area (TPSA) is 54.0 Å². The minimum absolute atomic E-state index is 0.119. The highest BCUT2D eigenvalue weighted by atomic mass is 19.4. The summed E-state index contributed by atoms with van der Waals surface area (Å²) in [4.78, 5) is 16.0. The molecule has 0 aliphatic rings. The van der Waals surface area contributed by atoms with Gasteiger partial charge in [0.05, 0.1) is 17.4 Å². The van der Waals surface area contributed by atoms with Crippen molar-refractivity contribution < 1.29 is 18.0 Å². The van der Waals surface area contributed by atoms with E-state index in [0.717, 1.165) is 30.0 Å². The van der Waals surface area contributed by atoms with E-state index in [2.05, 4.69) is 22.2 Å². The van der Waals surface area contributed by atoms with Crippen molar-refractivity contribution in [3.8, 4) is 0 Å². The average Bonchev–Trinajstić information content (AvgIpc) is 2.53. The average molecular weight is 321 g/mol. The van der Waals surface area contributed by atoms with Crippen LogP contribution in [0.2, 0.25) is 0 Å². The van der Waals surface area contributed by atoms with Crippen LogP contribution in [0.25, 0.3) is 0 Å². The largest absolute Gasteiger partial charge is 0.416 e. The van der Waals surface area contributed by atoms with Crippen LogP contribution >= 0.6 is 0 Å². The van der Waals surface area contributed by atoms with Crippen molar-refractivity contribution in [2.24, 2.45) is 0 Å². The number of amides is 1. The molecule has 1 heterocycles. The number of alkyl halides is 3. The Morgan fingerprint density at radius 3 is 2.39 bits per heavy atom. The molecule has 2 rings (SSSR count). The smallest absolute Gasteiger partial charge is 0.380 e. The molecule has 0 aliphatic heterocycles. The van der Waals surface area contributed by atoms with Crippen molar-refractivity contribution in [1.29, 1.82) is 0 Å². The van der Waals surface area contributed by atoms with Crippen LogP contribution in [-0.2, 0) is 6.18 Å². The summed E-state index contributed by atoms with van der Waals surface area (Å²) < 4.78 is 37.4. The van der Waals surface area contributed by atoms with Crippen molar-refractivity contribution >= 4 is 17.4 Å². The second-order valence-electron chi connectivity index (χ2n) is 4.63. The Balaban J connectivity index is 2.02. The van der Waals surface area contributed by atoms with E-state index in [1.807, 2.05) is 0 Å². The fourth-order valence-electron chi connectivity index (χ4n) is 1.76. The Morgan fingerprint density at radius 2 is 1.87 bits per heavy atom. The number of carbonyl (C=O) groups is 1. The second kappa shape index (κ2) is 6.95. The van der Waals surface area contributed by atoms with Crippen molar-refractivity contribution in [3.05, 3.63) is 66.4 Å². The van der Waals surface area contributed by atoms with Gasteiger partial charge in [-0.1, -0.05) is 6.08 Å². The fourth-order valence-corrected chi connectivity index (χ4v) is 1.76. The molecule has 7 heteroatoms. The standard InChI is InChI=1S/C16H14F3N3O/c1-2-9-20-13-7-8-14(21-10-13)22-15(23)11-3-5-12(6-4-11)16(17,18)19/h2-8,10,20H,1,9H2,(H,21,22,23). The Labute approximate surface area is 131 Å². The lowest BCUT2D eigenvalue weighted by Crippen LogP contribution is -2.13. The van der Waals surface area contributed by atoms with Crippen LogP contribution in [0, 0.1) is 0 Å². The summed E-state index contributed by atoms with van der Waals surface area (Å²) in [7, 11) is 0. The van der Waals surface area contributed by atoms with E-state index in [0.29, 0.717) is 12.4 Å². The summed E-state index contributed by atoms with van der Waals surface area (Å²) >= 11 is 0. The zero-order chi connectivity index (χ0) is 16.9. The maximum atomic E-state index is 12.5. The lowest BCUT2D eigenvalue weighted by Gasteiger charge is -2.08. The van der Waals surface area contributed by atoms with Crippen molar-refractivity contribution in [1.82, 2.24) is 4.98 Å². The number of halogens is 3. The SMILES string of the molecule is C=CCNc1ccc(NC(=O)c2ccc(C(F)(F)F)cc2)nc1. The molecule has 1 aromatic heterocycles. The molecule has 0 fully saturated rings. The molecule has 0 saturated carbocycles. The third-order valence-electron chi connectivity index (χ3n) is 2.93. The van der Waals surface area contributed by atoms with Crippen LogP contribution < -0.4 is 10.6 Å². The van der Waals surface area contributed by atoms with Crippen LogP contribution in [0.15, 0.2) is 55.3 Å². The molecule has 4 nitrogen and oxygen atoms in total. The molecule has 23 heavy (non-hydrogen) atoms. The molecule has 0 radical (unpaired) electrons. The van der Waals surface area contributed by atoms with Crippen LogP contribution in [0.1, 0.15) is 15.9 Å². The highest BCUT2D eigenvalue weighted by Gasteiger charge is 2.30. The predicted octanol–water partition coefficient (Wildman–Crippen LogP) is 3.95. The molecule has 0 spiro atoms. The molecule has 1 amide bonds. The molecule has 2 N–H and O–H groups in total. The molecule has 120 valence electrons. The number of carbonyl (C=O) groups excluding carboxylic acids is 1. The molecule has 0 atom stereocenters. The lowest BCUT2D eigenvalue weighted by molar-refractivity contribution is -0.137. The van der Waals surface area contributed by atoms with Gasteiger partial charge >= 0.3 is 6.18 Å². The van der Waals surface area contributed by atoms with Gasteiger partial charge in [-0.05, 0) is 36.4 Å². The predicted molar refractivity (Wildman–Crippen MR) is 82.3 cm³/mol. The van der Waals surface area contributed by atoms with Gasteiger partial charge in [0.25, 0.3) is 5.91 Å². The van der Waals surface area contributed by atoms with E-state index in [1.54, 1.807) is 18.2 Å². The maximum Gasteiger partial charge on any atom is 0.416 e. The first-order chi connectivity index (χ1) is 10.9. The number of nitrogens with one attached hydrogen (secondary N) is 2. The summed E-state index contributed by atoms with van der Waals surface area (Å²) in [6, 6.07) is 7.29. The van der Waals surface area contributed by atoms with E-state index >= 15 is 0 Å². The van der Waals surface area contributed by atoms with Crippen LogP contribution in [0.5, 0.6) is 0 Å². The van der Waals surface area contributed by atoms with E-state index in [-0.39, 0.29) is 5.56 Å². The third kappa shape index (κ3) is 4.57. The van der Waals surface area contributed by atoms with E-state index in [1.165, 1.54) is 6.20 Å². The molecule has 2 aromatic rings. The van der Waals surface area contributed by atoms with Crippen LogP contribution in [-0.4, -0.2) is 17.4 Å². The quantitative estimate of drug-likeness (QED) is 0.820. The number of aromatic nitrogens is 1. The number of hydrogen-bond acceptors (Lipinski definition) is 3. The number of anilines is 2. The Morgan fingerprint density at radius 1 is 1.17 bits per heavy atom. The minimum Gasteiger partial charge on any atom is -0.380 e. The Kier molecular flexibility index (Phi) is 5.00. The van der Waals surface area contributed by atoms with E-state index in [4.69, 9.17) is 0 Å². The van der Waals surface area contributed by atoms with Crippen molar-refractivity contribution in [3.63, 3.8) is 0 Å². The van der Waals surface area contributed by atoms with Gasteiger partial charge < -0.3 is 10.6 Å². The monoisotopic (exact) mass is 321 g/mol. The third-order valence-corrected chi connectivity index (χ3v) is 2.93. The van der Waals surface area contributed by atoms with Gasteiger partial charge in [-0.15, -0.1) is 6.58 Å². The highest BCUT2D eigenvalue weighted by Crippen LogP contribution is 2.29. The summed E-state index contributed by atoms with van der Waals surface area (Å²) in [5.41, 5.74) is 0.0795. The molecule has 0 saturated heterocycles. The van der Waals surface area contributed by atoms with Crippen LogP contribution in [0.4, 0.5) is 24.7 Å². The molecule has 0 aliphatic carbocycles. The zero-order valence-electron chi connectivity index (χ0n) is 12.0. The van der Waals surface area contributed by atoms with E-state index in [9.17, 15) is 18.0 Å². The number of hydrogen-bond donors (Lipinski definition) is 2. The van der Waals surface area contributed by atoms with Crippen LogP contribution in [0.3, 0.4) is 0 Å². The summed E-state index contributed by atoms with van der Waals surface area (Å²) in [6.07, 6.45) is -1.20. The number of nitrogens with zero attached hydrogens (tertiary/aromatic N) is 1. The fraction of sp³-hybridized carbons (Fsp3) is 0.125. The molecule has 1 aromatic carbocycles. The normalized spacial score (nSPS) is 10.9. The van der Waals surface area contributed by atoms with E-state index < -0.39 is 17.6 Å². The van der Waals surface area contributed by atoms with Gasteiger partial charge in [-0.3, -0.25) is 4.79 Å². The van der Waals surface area contributed by atoms with Gasteiger partial charge in [0.1, 0.15) is 5.82 Å². The summed E-state index contributed by atoms with van der Waals surface area (Å²) in [5, 5.41) is 5.55.